The fourth-order valence-electron chi connectivity index (χ4n) is 3.01. The van der Waals surface area contributed by atoms with E-state index in [0.717, 1.165) is 11.3 Å². The zero-order valence-corrected chi connectivity index (χ0v) is 16.4. The van der Waals surface area contributed by atoms with E-state index in [1.807, 2.05) is 72.4 Å². The Hall–Kier alpha value is -3.41. The second-order valence-corrected chi connectivity index (χ2v) is 6.29. The van der Waals surface area contributed by atoms with E-state index in [1.54, 1.807) is 21.3 Å². The average Bonchev–Trinajstić information content (AvgIpc) is 3.27. The summed E-state index contributed by atoms with van der Waals surface area (Å²) in [7, 11) is 4.69. The first kappa shape index (κ1) is 19.4. The lowest BCUT2D eigenvalue weighted by atomic mass is 10.1. The second-order valence-electron chi connectivity index (χ2n) is 6.29. The summed E-state index contributed by atoms with van der Waals surface area (Å²) in [5, 5.41) is 3.01. The number of nitrogens with one attached hydrogen (secondary N) is 1. The first-order valence-electron chi connectivity index (χ1n) is 8.91. The van der Waals surface area contributed by atoms with E-state index in [0.29, 0.717) is 22.8 Å². The number of hydrogen-bond donors (Lipinski definition) is 1. The van der Waals surface area contributed by atoms with Crippen LogP contribution in [0.25, 0.3) is 5.69 Å². The van der Waals surface area contributed by atoms with Crippen LogP contribution in [0.1, 0.15) is 28.9 Å². The van der Waals surface area contributed by atoms with Gasteiger partial charge in [-0.15, -0.1) is 0 Å². The van der Waals surface area contributed by atoms with Crippen molar-refractivity contribution in [3.63, 3.8) is 0 Å². The van der Waals surface area contributed by atoms with Gasteiger partial charge in [0.1, 0.15) is 0 Å². The minimum atomic E-state index is -0.245. The van der Waals surface area contributed by atoms with Crippen LogP contribution in [0.5, 0.6) is 17.2 Å². The Morgan fingerprint density at radius 3 is 2.00 bits per heavy atom. The minimum absolute atomic E-state index is 0.152. The number of hydrogen-bond acceptors (Lipinski definition) is 4. The Bertz CT molecular complexity index is 909. The van der Waals surface area contributed by atoms with Crippen molar-refractivity contribution in [1.82, 2.24) is 9.88 Å². The van der Waals surface area contributed by atoms with Crippen molar-refractivity contribution in [3.8, 4) is 22.9 Å². The predicted octanol–water partition coefficient (Wildman–Crippen LogP) is 3.99. The summed E-state index contributed by atoms with van der Waals surface area (Å²) >= 11 is 0. The summed E-state index contributed by atoms with van der Waals surface area (Å²) < 4.78 is 18.1. The SMILES string of the molecule is COc1cc(C(C)NC(=O)c2ccc(-n3cccc3)cc2)cc(OC)c1OC. The number of nitrogens with zero attached hydrogens (tertiary/aromatic N) is 1. The third-order valence-corrected chi connectivity index (χ3v) is 4.57. The molecule has 0 aliphatic rings. The van der Waals surface area contributed by atoms with E-state index in [1.165, 1.54) is 0 Å². The van der Waals surface area contributed by atoms with E-state index in [2.05, 4.69) is 5.32 Å². The van der Waals surface area contributed by atoms with Gasteiger partial charge in [0.05, 0.1) is 27.4 Å². The molecular formula is C22H24N2O4. The molecule has 1 heterocycles. The maximum Gasteiger partial charge on any atom is 0.251 e. The number of rotatable bonds is 7. The van der Waals surface area contributed by atoms with E-state index in [4.69, 9.17) is 14.2 Å². The van der Waals surface area contributed by atoms with Crippen LogP contribution in [0, 0.1) is 0 Å². The highest BCUT2D eigenvalue weighted by atomic mass is 16.5. The fourth-order valence-corrected chi connectivity index (χ4v) is 3.01. The van der Waals surface area contributed by atoms with Crippen LogP contribution in [-0.2, 0) is 0 Å². The highest BCUT2D eigenvalue weighted by molar-refractivity contribution is 5.94. The molecule has 28 heavy (non-hydrogen) atoms. The minimum Gasteiger partial charge on any atom is -0.493 e. The molecule has 0 aliphatic heterocycles. The summed E-state index contributed by atoms with van der Waals surface area (Å²) in [6, 6.07) is 14.8. The Labute approximate surface area is 164 Å². The van der Waals surface area contributed by atoms with Crippen LogP contribution in [-0.4, -0.2) is 31.8 Å². The van der Waals surface area contributed by atoms with Crippen molar-refractivity contribution in [2.24, 2.45) is 0 Å². The number of amides is 1. The molecule has 0 saturated heterocycles. The maximum atomic E-state index is 12.7. The van der Waals surface area contributed by atoms with Crippen molar-refractivity contribution < 1.29 is 19.0 Å². The standard InChI is InChI=1S/C22H24N2O4/c1-15(17-13-19(26-2)21(28-4)20(14-17)27-3)23-22(25)16-7-9-18(10-8-16)24-11-5-6-12-24/h5-15H,1-4H3,(H,23,25). The van der Waals surface area contributed by atoms with Crippen molar-refractivity contribution in [3.05, 3.63) is 72.1 Å². The molecular weight excluding hydrogens is 356 g/mol. The third-order valence-electron chi connectivity index (χ3n) is 4.57. The van der Waals surface area contributed by atoms with E-state index >= 15 is 0 Å². The van der Waals surface area contributed by atoms with Crippen LogP contribution in [0.2, 0.25) is 0 Å². The van der Waals surface area contributed by atoms with Crippen molar-refractivity contribution in [1.29, 1.82) is 0 Å². The van der Waals surface area contributed by atoms with E-state index < -0.39 is 0 Å². The van der Waals surface area contributed by atoms with Crippen molar-refractivity contribution >= 4 is 5.91 Å². The summed E-state index contributed by atoms with van der Waals surface area (Å²) in [4.78, 5) is 12.7. The Morgan fingerprint density at radius 1 is 0.929 bits per heavy atom. The number of ether oxygens (including phenoxy) is 3. The molecule has 1 unspecified atom stereocenters. The molecule has 2 aromatic carbocycles. The highest BCUT2D eigenvalue weighted by Crippen LogP contribution is 2.39. The molecule has 0 aliphatic carbocycles. The maximum absolute atomic E-state index is 12.7. The van der Waals surface area contributed by atoms with Gasteiger partial charge in [0.2, 0.25) is 5.75 Å². The van der Waals surface area contributed by atoms with Crippen LogP contribution in [0.15, 0.2) is 60.9 Å². The van der Waals surface area contributed by atoms with Crippen molar-refractivity contribution in [2.45, 2.75) is 13.0 Å². The Kier molecular flexibility index (Phi) is 5.89. The van der Waals surface area contributed by atoms with E-state index in [-0.39, 0.29) is 11.9 Å². The number of carbonyl (C=O) groups excluding carboxylic acids is 1. The number of aromatic nitrogens is 1. The molecule has 3 aromatic rings. The smallest absolute Gasteiger partial charge is 0.251 e. The summed E-state index contributed by atoms with van der Waals surface area (Å²) in [5.74, 6) is 1.47. The first-order valence-corrected chi connectivity index (χ1v) is 8.91. The first-order chi connectivity index (χ1) is 13.6. The molecule has 0 fully saturated rings. The molecule has 0 bridgehead atoms. The quantitative estimate of drug-likeness (QED) is 0.673. The third kappa shape index (κ3) is 3.96. The highest BCUT2D eigenvalue weighted by Gasteiger charge is 2.18. The molecule has 1 atom stereocenters. The van der Waals surface area contributed by atoms with Crippen LogP contribution in [0.4, 0.5) is 0 Å². The molecule has 0 radical (unpaired) electrons. The van der Waals surface area contributed by atoms with Crippen LogP contribution >= 0.6 is 0 Å². The Morgan fingerprint density at radius 2 is 1.50 bits per heavy atom. The monoisotopic (exact) mass is 380 g/mol. The number of carbonyl (C=O) groups is 1. The summed E-state index contributed by atoms with van der Waals surface area (Å²) in [5.41, 5.74) is 2.45. The Balaban J connectivity index is 1.77. The lowest BCUT2D eigenvalue weighted by Gasteiger charge is -2.19. The predicted molar refractivity (Wildman–Crippen MR) is 108 cm³/mol. The fraction of sp³-hybridized carbons (Fsp3) is 0.227. The molecule has 6 heteroatoms. The average molecular weight is 380 g/mol. The lowest BCUT2D eigenvalue weighted by Crippen LogP contribution is -2.26. The molecule has 1 amide bonds. The van der Waals surface area contributed by atoms with Crippen LogP contribution in [0.3, 0.4) is 0 Å². The normalized spacial score (nSPS) is 11.6. The van der Waals surface area contributed by atoms with Gasteiger partial charge in [-0.1, -0.05) is 0 Å². The zero-order chi connectivity index (χ0) is 20.1. The van der Waals surface area contributed by atoms with Gasteiger partial charge in [-0.25, -0.2) is 0 Å². The van der Waals surface area contributed by atoms with Crippen molar-refractivity contribution in [2.75, 3.05) is 21.3 Å². The summed E-state index contributed by atoms with van der Waals surface area (Å²) in [6.07, 6.45) is 3.92. The number of benzene rings is 2. The summed E-state index contributed by atoms with van der Waals surface area (Å²) in [6.45, 7) is 1.91. The molecule has 3 rings (SSSR count). The van der Waals surface area contributed by atoms with Crippen LogP contribution < -0.4 is 19.5 Å². The van der Waals surface area contributed by atoms with E-state index in [9.17, 15) is 4.79 Å². The lowest BCUT2D eigenvalue weighted by molar-refractivity contribution is 0.0939. The van der Waals surface area contributed by atoms with Gasteiger partial charge in [-0.05, 0) is 61.0 Å². The largest absolute Gasteiger partial charge is 0.493 e. The molecule has 1 aromatic heterocycles. The van der Waals surface area contributed by atoms with Gasteiger partial charge in [0.15, 0.2) is 11.5 Å². The van der Waals surface area contributed by atoms with Gasteiger partial charge in [0, 0.05) is 23.6 Å². The van der Waals surface area contributed by atoms with Gasteiger partial charge in [0.25, 0.3) is 5.91 Å². The van der Waals surface area contributed by atoms with Gasteiger partial charge >= 0.3 is 0 Å². The van der Waals surface area contributed by atoms with Gasteiger partial charge < -0.3 is 24.1 Å². The van der Waals surface area contributed by atoms with Gasteiger partial charge in [-0.2, -0.15) is 0 Å². The molecule has 0 saturated carbocycles. The molecule has 146 valence electrons. The molecule has 6 nitrogen and oxygen atoms in total. The second kappa shape index (κ2) is 8.52. The zero-order valence-electron chi connectivity index (χ0n) is 16.4. The molecule has 1 N–H and O–H groups in total. The van der Waals surface area contributed by atoms with Gasteiger partial charge in [-0.3, -0.25) is 4.79 Å². The molecule has 0 spiro atoms. The number of methoxy groups -OCH3 is 3. The topological polar surface area (TPSA) is 61.7 Å².